The summed E-state index contributed by atoms with van der Waals surface area (Å²) in [5, 5.41) is 9.32. The molecule has 0 amide bonds. The van der Waals surface area contributed by atoms with Crippen LogP contribution in [0.25, 0.3) is 0 Å². The lowest BCUT2D eigenvalue weighted by Crippen LogP contribution is -2.18. The second-order valence-corrected chi connectivity index (χ2v) is 6.82. The summed E-state index contributed by atoms with van der Waals surface area (Å²) in [6.45, 7) is 0. The third-order valence-electron chi connectivity index (χ3n) is 3.36. The standard InChI is InChI=1S/C13H18O3S/c14-12-7-4-8-13(9-12)17(15,16)10-11-5-2-1-3-6-11/h4,7-9,11,14H,1-3,5-6,10H2. The summed E-state index contributed by atoms with van der Waals surface area (Å²) >= 11 is 0. The zero-order valence-corrected chi connectivity index (χ0v) is 10.6. The lowest BCUT2D eigenvalue weighted by molar-refractivity contribution is 0.385. The van der Waals surface area contributed by atoms with Crippen molar-refractivity contribution in [3.05, 3.63) is 24.3 Å². The van der Waals surface area contributed by atoms with Crippen LogP contribution in [-0.4, -0.2) is 19.3 Å². The van der Waals surface area contributed by atoms with Gasteiger partial charge >= 0.3 is 0 Å². The molecule has 2 rings (SSSR count). The van der Waals surface area contributed by atoms with E-state index in [0.717, 1.165) is 25.7 Å². The average molecular weight is 254 g/mol. The normalized spacial score (nSPS) is 18.1. The lowest BCUT2D eigenvalue weighted by atomic mass is 9.91. The molecule has 1 fully saturated rings. The molecule has 1 N–H and O–H groups in total. The Balaban J connectivity index is 2.13. The molecule has 94 valence electrons. The Morgan fingerprint density at radius 2 is 1.88 bits per heavy atom. The smallest absolute Gasteiger partial charge is 0.178 e. The summed E-state index contributed by atoms with van der Waals surface area (Å²) in [4.78, 5) is 0.239. The summed E-state index contributed by atoms with van der Waals surface area (Å²) < 4.78 is 24.3. The van der Waals surface area contributed by atoms with Crippen LogP contribution in [0.1, 0.15) is 32.1 Å². The number of aromatic hydroxyl groups is 1. The van der Waals surface area contributed by atoms with Crippen molar-refractivity contribution in [1.82, 2.24) is 0 Å². The number of sulfone groups is 1. The van der Waals surface area contributed by atoms with Crippen molar-refractivity contribution in [3.63, 3.8) is 0 Å². The van der Waals surface area contributed by atoms with Crippen LogP contribution >= 0.6 is 0 Å². The molecule has 1 aromatic carbocycles. The fourth-order valence-corrected chi connectivity index (χ4v) is 4.17. The van der Waals surface area contributed by atoms with Gasteiger partial charge in [-0.1, -0.05) is 25.3 Å². The first-order chi connectivity index (χ1) is 8.08. The van der Waals surface area contributed by atoms with Gasteiger partial charge in [0.25, 0.3) is 0 Å². The molecule has 0 atom stereocenters. The highest BCUT2D eigenvalue weighted by Gasteiger charge is 2.23. The Kier molecular flexibility index (Phi) is 3.72. The van der Waals surface area contributed by atoms with E-state index in [2.05, 4.69) is 0 Å². The molecule has 0 aliphatic heterocycles. The summed E-state index contributed by atoms with van der Waals surface area (Å²) in [6.07, 6.45) is 5.53. The van der Waals surface area contributed by atoms with Gasteiger partial charge in [0, 0.05) is 0 Å². The molecule has 3 nitrogen and oxygen atoms in total. The summed E-state index contributed by atoms with van der Waals surface area (Å²) in [5.74, 6) is 0.516. The second kappa shape index (κ2) is 5.08. The highest BCUT2D eigenvalue weighted by molar-refractivity contribution is 7.91. The van der Waals surface area contributed by atoms with E-state index in [0.29, 0.717) is 0 Å². The quantitative estimate of drug-likeness (QED) is 0.902. The van der Waals surface area contributed by atoms with E-state index in [1.54, 1.807) is 12.1 Å². The molecule has 1 aromatic rings. The van der Waals surface area contributed by atoms with Gasteiger partial charge in [-0.05, 0) is 37.0 Å². The third kappa shape index (κ3) is 3.22. The molecule has 0 aromatic heterocycles. The molecule has 17 heavy (non-hydrogen) atoms. The number of hydrogen-bond donors (Lipinski definition) is 1. The van der Waals surface area contributed by atoms with Crippen LogP contribution in [-0.2, 0) is 9.84 Å². The predicted octanol–water partition coefficient (Wildman–Crippen LogP) is 2.75. The number of phenols is 1. The molecule has 1 aliphatic carbocycles. The van der Waals surface area contributed by atoms with Crippen molar-refractivity contribution in [1.29, 1.82) is 0 Å². The zero-order chi connectivity index (χ0) is 12.3. The minimum Gasteiger partial charge on any atom is -0.508 e. The molecule has 4 heteroatoms. The van der Waals surface area contributed by atoms with E-state index in [1.165, 1.54) is 18.6 Å². The summed E-state index contributed by atoms with van der Waals surface area (Å²) in [6, 6.07) is 5.94. The van der Waals surface area contributed by atoms with Crippen molar-refractivity contribution < 1.29 is 13.5 Å². The van der Waals surface area contributed by atoms with Gasteiger partial charge in [0.05, 0.1) is 10.6 Å². The molecule has 1 saturated carbocycles. The van der Waals surface area contributed by atoms with Crippen molar-refractivity contribution in [2.75, 3.05) is 5.75 Å². The van der Waals surface area contributed by atoms with Crippen molar-refractivity contribution >= 4 is 9.84 Å². The largest absolute Gasteiger partial charge is 0.508 e. The minimum absolute atomic E-state index is 0.00900. The molecule has 0 saturated heterocycles. The van der Waals surface area contributed by atoms with E-state index in [1.807, 2.05) is 0 Å². The van der Waals surface area contributed by atoms with Crippen LogP contribution in [0, 0.1) is 5.92 Å². The van der Waals surface area contributed by atoms with Crippen molar-refractivity contribution in [2.24, 2.45) is 5.92 Å². The first kappa shape index (κ1) is 12.4. The van der Waals surface area contributed by atoms with E-state index in [4.69, 9.17) is 0 Å². The molecule has 1 aliphatic rings. The fourth-order valence-electron chi connectivity index (χ4n) is 2.44. The van der Waals surface area contributed by atoms with Crippen LogP contribution in [0.15, 0.2) is 29.2 Å². The average Bonchev–Trinajstić information content (AvgIpc) is 2.30. The molecular formula is C13H18O3S. The van der Waals surface area contributed by atoms with Gasteiger partial charge < -0.3 is 5.11 Å². The fraction of sp³-hybridized carbons (Fsp3) is 0.538. The van der Waals surface area contributed by atoms with Crippen LogP contribution in [0.2, 0.25) is 0 Å². The first-order valence-electron chi connectivity index (χ1n) is 6.10. The second-order valence-electron chi connectivity index (χ2n) is 4.78. The maximum absolute atomic E-state index is 12.1. The summed E-state index contributed by atoms with van der Waals surface area (Å²) in [5.41, 5.74) is 0. The molecule has 0 unspecified atom stereocenters. The SMILES string of the molecule is O=S(=O)(CC1CCCCC1)c1cccc(O)c1. The van der Waals surface area contributed by atoms with E-state index in [9.17, 15) is 13.5 Å². The summed E-state index contributed by atoms with van der Waals surface area (Å²) in [7, 11) is -3.24. The maximum Gasteiger partial charge on any atom is 0.178 e. The van der Waals surface area contributed by atoms with Gasteiger partial charge in [0.1, 0.15) is 5.75 Å². The highest BCUT2D eigenvalue weighted by Crippen LogP contribution is 2.27. The number of phenolic OH excluding ortho intramolecular Hbond substituents is 1. The van der Waals surface area contributed by atoms with Gasteiger partial charge in [0.2, 0.25) is 0 Å². The Morgan fingerprint density at radius 3 is 2.53 bits per heavy atom. The van der Waals surface area contributed by atoms with Gasteiger partial charge in [0.15, 0.2) is 9.84 Å². The van der Waals surface area contributed by atoms with Gasteiger partial charge in [-0.3, -0.25) is 0 Å². The molecule has 0 bridgehead atoms. The Morgan fingerprint density at radius 1 is 1.18 bits per heavy atom. The lowest BCUT2D eigenvalue weighted by Gasteiger charge is -2.21. The van der Waals surface area contributed by atoms with Gasteiger partial charge in [-0.25, -0.2) is 8.42 Å². The molecule has 0 radical (unpaired) electrons. The first-order valence-corrected chi connectivity index (χ1v) is 7.75. The Labute approximate surface area is 102 Å². The monoisotopic (exact) mass is 254 g/mol. The zero-order valence-electron chi connectivity index (χ0n) is 9.80. The third-order valence-corrected chi connectivity index (χ3v) is 5.24. The van der Waals surface area contributed by atoms with Gasteiger partial charge in [-0.2, -0.15) is 0 Å². The minimum atomic E-state index is -3.24. The predicted molar refractivity (Wildman–Crippen MR) is 66.7 cm³/mol. The molecule has 0 spiro atoms. The number of rotatable bonds is 3. The highest BCUT2D eigenvalue weighted by atomic mass is 32.2. The van der Waals surface area contributed by atoms with Crippen molar-refractivity contribution in [3.8, 4) is 5.75 Å². The topological polar surface area (TPSA) is 54.4 Å². The van der Waals surface area contributed by atoms with Crippen LogP contribution in [0.5, 0.6) is 5.75 Å². The maximum atomic E-state index is 12.1. The molecule has 0 heterocycles. The van der Waals surface area contributed by atoms with Crippen LogP contribution < -0.4 is 0 Å². The van der Waals surface area contributed by atoms with Crippen molar-refractivity contribution in [2.45, 2.75) is 37.0 Å². The number of benzene rings is 1. The van der Waals surface area contributed by atoms with E-state index < -0.39 is 9.84 Å². The Hall–Kier alpha value is -1.03. The van der Waals surface area contributed by atoms with E-state index in [-0.39, 0.29) is 22.3 Å². The molecular weight excluding hydrogens is 236 g/mol. The van der Waals surface area contributed by atoms with Gasteiger partial charge in [-0.15, -0.1) is 0 Å². The van der Waals surface area contributed by atoms with Crippen LogP contribution in [0.3, 0.4) is 0 Å². The van der Waals surface area contributed by atoms with E-state index >= 15 is 0 Å². The Bertz CT molecular complexity index is 473. The van der Waals surface area contributed by atoms with Crippen LogP contribution in [0.4, 0.5) is 0 Å². The number of hydrogen-bond acceptors (Lipinski definition) is 3.